The van der Waals surface area contributed by atoms with Gasteiger partial charge in [0.1, 0.15) is 23.8 Å². The molecule has 40 heavy (non-hydrogen) atoms. The van der Waals surface area contributed by atoms with Crippen LogP contribution in [-0.2, 0) is 20.7 Å². The molecule has 0 aliphatic carbocycles. The number of morpholine rings is 1. The normalized spacial score (nSPS) is 19.6. The van der Waals surface area contributed by atoms with Gasteiger partial charge in [0.25, 0.3) is 5.91 Å². The van der Waals surface area contributed by atoms with Gasteiger partial charge in [-0.1, -0.05) is 18.2 Å². The lowest BCUT2D eigenvalue weighted by Gasteiger charge is -2.39. The van der Waals surface area contributed by atoms with Crippen LogP contribution in [0.5, 0.6) is 0 Å². The Hall–Kier alpha value is -3.37. The van der Waals surface area contributed by atoms with Crippen LogP contribution in [0.2, 0.25) is 0 Å². The highest BCUT2D eigenvalue weighted by Crippen LogP contribution is 2.24. The third-order valence-electron chi connectivity index (χ3n) is 7.63. The van der Waals surface area contributed by atoms with Gasteiger partial charge in [0, 0.05) is 30.6 Å². The van der Waals surface area contributed by atoms with Gasteiger partial charge in [0.2, 0.25) is 0 Å². The van der Waals surface area contributed by atoms with Crippen molar-refractivity contribution in [1.82, 2.24) is 15.1 Å². The molecule has 1 aromatic carbocycles. The number of ether oxygens (including phenoxy) is 2. The second-order valence-corrected chi connectivity index (χ2v) is 10.8. The van der Waals surface area contributed by atoms with Gasteiger partial charge in [0.05, 0.1) is 31.5 Å². The molecular formula is C28H37BN4O7. The van der Waals surface area contributed by atoms with Crippen LogP contribution in [-0.4, -0.2) is 95.9 Å². The van der Waals surface area contributed by atoms with Crippen LogP contribution >= 0.6 is 0 Å². The summed E-state index contributed by atoms with van der Waals surface area (Å²) >= 11 is 0. The smallest absolute Gasteiger partial charge is 0.464 e. The minimum absolute atomic E-state index is 0.0589. The Balaban J connectivity index is 1.37. The summed E-state index contributed by atoms with van der Waals surface area (Å²) in [6.07, 6.45) is 4.80. The first-order valence-corrected chi connectivity index (χ1v) is 13.7. The molecule has 1 aromatic heterocycles. The van der Waals surface area contributed by atoms with Crippen LogP contribution in [0.3, 0.4) is 0 Å². The van der Waals surface area contributed by atoms with E-state index in [4.69, 9.17) is 13.9 Å². The van der Waals surface area contributed by atoms with Gasteiger partial charge in [-0.3, -0.25) is 9.69 Å². The van der Waals surface area contributed by atoms with E-state index in [9.17, 15) is 24.9 Å². The third kappa shape index (κ3) is 7.23. The zero-order chi connectivity index (χ0) is 28.7. The molecule has 11 nitrogen and oxygen atoms in total. The van der Waals surface area contributed by atoms with Crippen molar-refractivity contribution in [3.05, 3.63) is 47.7 Å². The Kier molecular flexibility index (Phi) is 9.87. The van der Waals surface area contributed by atoms with Gasteiger partial charge in [-0.05, 0) is 57.2 Å². The molecule has 3 heterocycles. The molecule has 3 N–H and O–H groups in total. The van der Waals surface area contributed by atoms with Crippen molar-refractivity contribution in [3.8, 4) is 6.07 Å². The molecule has 0 unspecified atom stereocenters. The molecule has 0 radical (unpaired) electrons. The Morgan fingerprint density at radius 2 is 2.00 bits per heavy atom. The number of likely N-dealkylation sites (tertiary alicyclic amines) is 1. The summed E-state index contributed by atoms with van der Waals surface area (Å²) in [4.78, 5) is 29.9. The van der Waals surface area contributed by atoms with Gasteiger partial charge in [-0.25, -0.2) is 4.79 Å². The van der Waals surface area contributed by atoms with E-state index < -0.39 is 30.7 Å². The number of para-hydroxylation sites is 1. The predicted molar refractivity (Wildman–Crippen MR) is 148 cm³/mol. The van der Waals surface area contributed by atoms with Crippen molar-refractivity contribution in [2.45, 2.75) is 57.1 Å². The molecule has 2 fully saturated rings. The number of carbonyl (C=O) groups is 2. The predicted octanol–water partition coefficient (Wildman–Crippen LogP) is 2.02. The molecule has 2 saturated heterocycles. The molecule has 2 amide bonds. The highest BCUT2D eigenvalue weighted by atomic mass is 16.5. The summed E-state index contributed by atoms with van der Waals surface area (Å²) in [6, 6.07) is 9.03. The van der Waals surface area contributed by atoms with E-state index in [1.165, 1.54) is 6.26 Å². The van der Waals surface area contributed by atoms with Gasteiger partial charge in [-0.2, -0.15) is 5.26 Å². The maximum Gasteiger partial charge on any atom is 0.475 e. The largest absolute Gasteiger partial charge is 0.475 e. The van der Waals surface area contributed by atoms with Crippen molar-refractivity contribution < 1.29 is 33.5 Å². The minimum Gasteiger partial charge on any atom is -0.464 e. The molecule has 12 heteroatoms. The summed E-state index contributed by atoms with van der Waals surface area (Å²) in [6.45, 7) is 6.97. The van der Waals surface area contributed by atoms with E-state index in [1.54, 1.807) is 17.0 Å². The SMILES string of the molecule is CC(C)(C=C(C#N)C(=O)N1CCCC[C@@H]1COC(=O)N[C@@H](Cc1coc2ccccc12)B(O)O)N1CCOCC1. The van der Waals surface area contributed by atoms with Crippen molar-refractivity contribution >= 4 is 30.1 Å². The first-order valence-electron chi connectivity index (χ1n) is 13.7. The van der Waals surface area contributed by atoms with Crippen LogP contribution in [0.1, 0.15) is 38.7 Å². The zero-order valence-corrected chi connectivity index (χ0v) is 23.0. The second kappa shape index (κ2) is 13.3. The number of furan rings is 1. The van der Waals surface area contributed by atoms with E-state index in [0.29, 0.717) is 50.4 Å². The lowest BCUT2D eigenvalue weighted by atomic mass is 9.76. The third-order valence-corrected chi connectivity index (χ3v) is 7.63. The number of rotatable bonds is 9. The maximum absolute atomic E-state index is 13.5. The standard InChI is InChI=1S/C28H37BN4O7/c1-28(2,32-11-13-38-14-12-32)16-21(17-30)26(34)33-10-6-5-7-22(33)19-40-27(35)31-25(29(36)37)15-20-18-39-24-9-4-3-8-23(20)24/h3-4,8-9,16,18,22,25,36-37H,5-7,10-15,19H2,1-2H3,(H,31,35)/t22-,25+/m1/s1. The summed E-state index contributed by atoms with van der Waals surface area (Å²) < 4.78 is 16.4. The maximum atomic E-state index is 13.5. The Morgan fingerprint density at radius 1 is 1.25 bits per heavy atom. The highest BCUT2D eigenvalue weighted by molar-refractivity contribution is 6.43. The number of carbonyl (C=O) groups excluding carboxylic acids is 2. The van der Waals surface area contributed by atoms with Gasteiger partial charge < -0.3 is 34.2 Å². The molecular weight excluding hydrogens is 515 g/mol. The number of amides is 2. The van der Waals surface area contributed by atoms with Crippen molar-refractivity contribution in [2.24, 2.45) is 0 Å². The van der Waals surface area contributed by atoms with Crippen LogP contribution in [0, 0.1) is 11.3 Å². The van der Waals surface area contributed by atoms with Crippen LogP contribution in [0.4, 0.5) is 4.79 Å². The lowest BCUT2D eigenvalue weighted by Crippen LogP contribution is -2.51. The lowest BCUT2D eigenvalue weighted by molar-refractivity contribution is -0.131. The van der Waals surface area contributed by atoms with E-state index in [-0.39, 0.29) is 24.5 Å². The Labute approximate surface area is 234 Å². The average Bonchev–Trinajstić information content (AvgIpc) is 3.37. The summed E-state index contributed by atoms with van der Waals surface area (Å²) in [7, 11) is -1.83. The van der Waals surface area contributed by atoms with E-state index in [1.807, 2.05) is 32.0 Å². The fourth-order valence-electron chi connectivity index (χ4n) is 5.35. The fraction of sp³-hybridized carbons (Fsp3) is 0.536. The van der Waals surface area contributed by atoms with Crippen LogP contribution in [0.25, 0.3) is 11.0 Å². The average molecular weight is 552 g/mol. The number of benzene rings is 1. The number of fused-ring (bicyclic) bond motifs is 1. The molecule has 214 valence electrons. The first kappa shape index (κ1) is 29.6. The number of alkyl carbamates (subject to hydrolysis) is 1. The van der Waals surface area contributed by atoms with Crippen molar-refractivity contribution in [1.29, 1.82) is 5.26 Å². The van der Waals surface area contributed by atoms with Crippen molar-refractivity contribution in [3.63, 3.8) is 0 Å². The molecule has 0 bridgehead atoms. The summed E-state index contributed by atoms with van der Waals surface area (Å²) in [5.74, 6) is -1.42. The number of hydrogen-bond donors (Lipinski definition) is 3. The zero-order valence-electron chi connectivity index (χ0n) is 23.0. The van der Waals surface area contributed by atoms with Crippen LogP contribution < -0.4 is 5.32 Å². The monoisotopic (exact) mass is 552 g/mol. The van der Waals surface area contributed by atoms with E-state index in [2.05, 4.69) is 16.3 Å². The molecule has 2 aliphatic heterocycles. The fourth-order valence-corrected chi connectivity index (χ4v) is 5.35. The van der Waals surface area contributed by atoms with Gasteiger partial charge >= 0.3 is 13.2 Å². The van der Waals surface area contributed by atoms with Crippen molar-refractivity contribution in [2.75, 3.05) is 39.5 Å². The van der Waals surface area contributed by atoms with Gasteiger partial charge in [0.15, 0.2) is 0 Å². The molecule has 2 aliphatic rings. The molecule has 0 saturated carbocycles. The second-order valence-electron chi connectivity index (χ2n) is 10.8. The molecule has 2 atom stereocenters. The minimum atomic E-state index is -1.83. The molecule has 0 spiro atoms. The first-order chi connectivity index (χ1) is 19.2. The number of nitriles is 1. The summed E-state index contributed by atoms with van der Waals surface area (Å²) in [5.41, 5.74) is 0.928. The number of hydrogen-bond acceptors (Lipinski definition) is 9. The van der Waals surface area contributed by atoms with E-state index in [0.717, 1.165) is 18.2 Å². The quantitative estimate of drug-likeness (QED) is 0.241. The van der Waals surface area contributed by atoms with Gasteiger partial charge in [-0.15, -0.1) is 0 Å². The summed E-state index contributed by atoms with van der Waals surface area (Å²) in [5, 5.41) is 33.0. The highest BCUT2D eigenvalue weighted by Gasteiger charge is 2.34. The van der Waals surface area contributed by atoms with E-state index >= 15 is 0 Å². The number of piperidine rings is 1. The molecule has 4 rings (SSSR count). The Bertz CT molecular complexity index is 1250. The number of nitrogens with one attached hydrogen (secondary N) is 1. The van der Waals surface area contributed by atoms with Crippen LogP contribution in [0.15, 0.2) is 46.6 Å². The topological polar surface area (TPSA) is 148 Å². The molecule has 2 aromatic rings. The Morgan fingerprint density at radius 3 is 2.73 bits per heavy atom. The number of nitrogens with zero attached hydrogens (tertiary/aromatic N) is 3.